The summed E-state index contributed by atoms with van der Waals surface area (Å²) in [4.78, 5) is 9.38. The van der Waals surface area contributed by atoms with E-state index < -0.39 is 0 Å². The number of thiazole rings is 1. The van der Waals surface area contributed by atoms with Gasteiger partial charge in [-0.05, 0) is 0 Å². The molecular weight excluding hydrogens is 220 g/mol. The van der Waals surface area contributed by atoms with Gasteiger partial charge in [0, 0.05) is 11.1 Å². The summed E-state index contributed by atoms with van der Waals surface area (Å²) in [5.74, 6) is 0.521. The number of hydrogen-bond acceptors (Lipinski definition) is 5. The smallest absolute Gasteiger partial charge is 0.143 e. The van der Waals surface area contributed by atoms with Crippen molar-refractivity contribution in [2.24, 2.45) is 10.7 Å². The molecule has 1 aliphatic rings. The number of anilines is 1. The van der Waals surface area contributed by atoms with Crippen molar-refractivity contribution in [2.75, 3.05) is 5.73 Å². The van der Waals surface area contributed by atoms with Crippen LogP contribution in [-0.2, 0) is 0 Å². The van der Waals surface area contributed by atoms with Gasteiger partial charge in [0.1, 0.15) is 12.0 Å². The van der Waals surface area contributed by atoms with Crippen LogP contribution in [0.3, 0.4) is 0 Å². The Balaban J connectivity index is 2.19. The van der Waals surface area contributed by atoms with Gasteiger partial charge >= 0.3 is 0 Å². The zero-order valence-electron chi connectivity index (χ0n) is 8.42. The number of nitrogens with zero attached hydrogens (tertiary/aromatic N) is 2. The molecule has 1 aromatic carbocycles. The van der Waals surface area contributed by atoms with Crippen molar-refractivity contribution in [3.05, 3.63) is 45.8 Å². The van der Waals surface area contributed by atoms with E-state index in [1.165, 1.54) is 11.3 Å². The zero-order chi connectivity index (χ0) is 11.1. The Labute approximate surface area is 96.6 Å². The lowest BCUT2D eigenvalue weighted by molar-refractivity contribution is 0.796. The SMILES string of the molecule is Nc1ncsc1C1=NC(N)c2ccccc21. The molecule has 0 fully saturated rings. The van der Waals surface area contributed by atoms with Gasteiger partial charge in [-0.1, -0.05) is 24.3 Å². The molecule has 2 aromatic rings. The van der Waals surface area contributed by atoms with E-state index in [-0.39, 0.29) is 6.17 Å². The molecule has 4 N–H and O–H groups in total. The molecule has 1 aromatic heterocycles. The second-order valence-electron chi connectivity index (χ2n) is 3.58. The van der Waals surface area contributed by atoms with Crippen molar-refractivity contribution in [3.8, 4) is 0 Å². The highest BCUT2D eigenvalue weighted by atomic mass is 32.1. The molecule has 0 bridgehead atoms. The fraction of sp³-hybridized carbons (Fsp3) is 0.0909. The third kappa shape index (κ3) is 1.26. The Morgan fingerprint density at radius 1 is 1.25 bits per heavy atom. The van der Waals surface area contributed by atoms with Crippen LogP contribution in [0.2, 0.25) is 0 Å². The van der Waals surface area contributed by atoms with Crippen molar-refractivity contribution in [2.45, 2.75) is 6.17 Å². The Bertz CT molecular complexity index is 573. The number of nitrogens with two attached hydrogens (primary N) is 2. The van der Waals surface area contributed by atoms with Crippen LogP contribution in [0.5, 0.6) is 0 Å². The molecule has 0 saturated heterocycles. The minimum atomic E-state index is -0.285. The largest absolute Gasteiger partial charge is 0.382 e. The molecule has 1 atom stereocenters. The molecular formula is C11H10N4S. The Morgan fingerprint density at radius 2 is 2.06 bits per heavy atom. The Morgan fingerprint density at radius 3 is 2.81 bits per heavy atom. The van der Waals surface area contributed by atoms with Crippen molar-refractivity contribution >= 4 is 22.9 Å². The van der Waals surface area contributed by atoms with Crippen LogP contribution in [0.4, 0.5) is 5.82 Å². The third-order valence-electron chi connectivity index (χ3n) is 2.61. The van der Waals surface area contributed by atoms with Crippen molar-refractivity contribution < 1.29 is 0 Å². The summed E-state index contributed by atoms with van der Waals surface area (Å²) in [6.45, 7) is 0. The van der Waals surface area contributed by atoms with E-state index in [0.717, 1.165) is 21.7 Å². The summed E-state index contributed by atoms with van der Waals surface area (Å²) in [5, 5.41) is 0. The highest BCUT2D eigenvalue weighted by Gasteiger charge is 2.24. The summed E-state index contributed by atoms with van der Waals surface area (Å²) >= 11 is 1.49. The van der Waals surface area contributed by atoms with Crippen molar-refractivity contribution in [3.63, 3.8) is 0 Å². The maximum absolute atomic E-state index is 5.95. The van der Waals surface area contributed by atoms with Crippen molar-refractivity contribution in [1.29, 1.82) is 0 Å². The first kappa shape index (κ1) is 9.50. The first-order chi connectivity index (χ1) is 7.77. The molecule has 0 aliphatic carbocycles. The zero-order valence-corrected chi connectivity index (χ0v) is 9.24. The highest BCUT2D eigenvalue weighted by Crippen LogP contribution is 2.31. The van der Waals surface area contributed by atoms with E-state index in [9.17, 15) is 0 Å². The highest BCUT2D eigenvalue weighted by molar-refractivity contribution is 7.12. The van der Waals surface area contributed by atoms with Gasteiger partial charge < -0.3 is 11.5 Å². The Hall–Kier alpha value is -1.72. The van der Waals surface area contributed by atoms with Crippen LogP contribution in [0.1, 0.15) is 22.2 Å². The molecule has 1 unspecified atom stereocenters. The lowest BCUT2D eigenvalue weighted by atomic mass is 10.0. The number of benzene rings is 1. The molecule has 0 radical (unpaired) electrons. The number of hydrogen-bond donors (Lipinski definition) is 2. The second-order valence-corrected chi connectivity index (χ2v) is 4.43. The Kier molecular flexibility index (Phi) is 2.02. The van der Waals surface area contributed by atoms with Crippen LogP contribution in [0.25, 0.3) is 0 Å². The lowest BCUT2D eigenvalue weighted by Crippen LogP contribution is -2.03. The van der Waals surface area contributed by atoms with Crippen LogP contribution in [0.15, 0.2) is 34.8 Å². The molecule has 16 heavy (non-hydrogen) atoms. The van der Waals surface area contributed by atoms with Gasteiger partial charge in [-0.25, -0.2) is 4.98 Å². The number of fused-ring (bicyclic) bond motifs is 1. The van der Waals surface area contributed by atoms with E-state index in [1.54, 1.807) is 5.51 Å². The van der Waals surface area contributed by atoms with Crippen LogP contribution in [-0.4, -0.2) is 10.7 Å². The molecule has 4 nitrogen and oxygen atoms in total. The maximum atomic E-state index is 5.95. The molecule has 3 rings (SSSR count). The van der Waals surface area contributed by atoms with Gasteiger partial charge in [0.2, 0.25) is 0 Å². The van der Waals surface area contributed by atoms with Gasteiger partial charge in [0.25, 0.3) is 0 Å². The van der Waals surface area contributed by atoms with Gasteiger partial charge in [-0.15, -0.1) is 11.3 Å². The first-order valence-corrected chi connectivity index (χ1v) is 5.77. The quantitative estimate of drug-likeness (QED) is 0.780. The van der Waals surface area contributed by atoms with Crippen LogP contribution >= 0.6 is 11.3 Å². The van der Waals surface area contributed by atoms with Crippen LogP contribution in [0, 0.1) is 0 Å². The van der Waals surface area contributed by atoms with E-state index >= 15 is 0 Å². The average molecular weight is 230 g/mol. The normalized spacial score (nSPS) is 18.3. The molecule has 1 aliphatic heterocycles. The van der Waals surface area contributed by atoms with E-state index in [2.05, 4.69) is 9.98 Å². The summed E-state index contributed by atoms with van der Waals surface area (Å²) < 4.78 is 0. The summed E-state index contributed by atoms with van der Waals surface area (Å²) in [6, 6.07) is 7.95. The van der Waals surface area contributed by atoms with Gasteiger partial charge in [0.15, 0.2) is 0 Å². The molecule has 0 spiro atoms. The topological polar surface area (TPSA) is 77.3 Å². The van der Waals surface area contributed by atoms with Gasteiger partial charge in [-0.2, -0.15) is 0 Å². The summed E-state index contributed by atoms with van der Waals surface area (Å²) in [7, 11) is 0. The van der Waals surface area contributed by atoms with Gasteiger partial charge in [0.05, 0.1) is 16.1 Å². The van der Waals surface area contributed by atoms with E-state index in [4.69, 9.17) is 11.5 Å². The molecule has 0 saturated carbocycles. The molecule has 5 heteroatoms. The number of nitrogen functional groups attached to an aromatic ring is 1. The molecule has 80 valence electrons. The number of aromatic nitrogens is 1. The number of rotatable bonds is 1. The van der Waals surface area contributed by atoms with E-state index in [1.807, 2.05) is 24.3 Å². The lowest BCUT2D eigenvalue weighted by Gasteiger charge is -2.02. The van der Waals surface area contributed by atoms with Crippen LogP contribution < -0.4 is 11.5 Å². The summed E-state index contributed by atoms with van der Waals surface area (Å²) in [5.41, 5.74) is 16.4. The van der Waals surface area contributed by atoms with Crippen molar-refractivity contribution in [1.82, 2.24) is 4.98 Å². The standard InChI is InChI=1S/C11H10N4S/c12-10-7-4-2-1-3-6(7)8(15-10)9-11(13)14-5-16-9/h1-5,10H,12-13H2. The summed E-state index contributed by atoms with van der Waals surface area (Å²) in [6.07, 6.45) is -0.285. The molecule has 0 amide bonds. The fourth-order valence-corrected chi connectivity index (χ4v) is 2.58. The predicted molar refractivity (Wildman–Crippen MR) is 65.5 cm³/mol. The minimum Gasteiger partial charge on any atom is -0.382 e. The molecule has 2 heterocycles. The maximum Gasteiger partial charge on any atom is 0.143 e. The van der Waals surface area contributed by atoms with Gasteiger partial charge in [-0.3, -0.25) is 4.99 Å². The first-order valence-electron chi connectivity index (χ1n) is 4.89. The second kappa shape index (κ2) is 3.40. The number of aliphatic imine (C=N–C) groups is 1. The third-order valence-corrected chi connectivity index (χ3v) is 3.46. The average Bonchev–Trinajstić information content (AvgIpc) is 2.84. The monoisotopic (exact) mass is 230 g/mol. The predicted octanol–water partition coefficient (Wildman–Crippen LogP) is 1.53. The minimum absolute atomic E-state index is 0.285. The van der Waals surface area contributed by atoms with E-state index in [0.29, 0.717) is 5.82 Å². The fourth-order valence-electron chi connectivity index (χ4n) is 1.86.